The maximum absolute atomic E-state index is 12.1. The number of rotatable bonds is 3. The largest absolute Gasteiger partial charge is 0.326 e. The van der Waals surface area contributed by atoms with Crippen LogP contribution in [0.25, 0.3) is 0 Å². The minimum atomic E-state index is -0.115. The number of amides is 2. The maximum atomic E-state index is 12.1. The average Bonchev–Trinajstić information content (AvgIpc) is 2.51. The Balaban J connectivity index is 1.68. The third-order valence-electron chi connectivity index (χ3n) is 3.47. The van der Waals surface area contributed by atoms with E-state index in [0.29, 0.717) is 10.7 Å². The highest BCUT2D eigenvalue weighted by molar-refractivity contribution is 8.00. The molecule has 2 aromatic carbocycles. The molecule has 0 bridgehead atoms. The van der Waals surface area contributed by atoms with Gasteiger partial charge in [-0.15, -0.1) is 11.8 Å². The highest BCUT2D eigenvalue weighted by Gasteiger charge is 2.23. The lowest BCUT2D eigenvalue weighted by Gasteiger charge is -2.21. The minimum Gasteiger partial charge on any atom is -0.326 e. The molecule has 1 aliphatic heterocycles. The summed E-state index contributed by atoms with van der Waals surface area (Å²) in [7, 11) is 0. The summed E-state index contributed by atoms with van der Waals surface area (Å²) >= 11 is 7.34. The SMILES string of the molecule is CC1Sc2ccc(CC(=O)Nc3ccc(Cl)cc3)cc2NC1=O. The molecule has 1 atom stereocenters. The molecule has 4 nitrogen and oxygen atoms in total. The average molecular weight is 347 g/mol. The molecule has 1 heterocycles. The molecule has 1 aliphatic rings. The van der Waals surface area contributed by atoms with Crippen molar-refractivity contribution in [3.8, 4) is 0 Å². The number of halogens is 1. The summed E-state index contributed by atoms with van der Waals surface area (Å²) in [5, 5.41) is 6.23. The number of thioether (sulfide) groups is 1. The molecule has 0 saturated carbocycles. The molecule has 0 spiro atoms. The molecule has 2 amide bonds. The van der Waals surface area contributed by atoms with Gasteiger partial charge in [0.1, 0.15) is 0 Å². The second-order valence-electron chi connectivity index (χ2n) is 5.31. The van der Waals surface area contributed by atoms with Crippen molar-refractivity contribution in [2.75, 3.05) is 10.6 Å². The molecule has 6 heteroatoms. The third kappa shape index (κ3) is 3.86. The van der Waals surface area contributed by atoms with E-state index in [-0.39, 0.29) is 23.5 Å². The molecule has 0 saturated heterocycles. The molecule has 23 heavy (non-hydrogen) atoms. The molecule has 0 aromatic heterocycles. The lowest BCUT2D eigenvalue weighted by molar-refractivity contribution is -0.116. The number of carbonyl (C=O) groups is 2. The van der Waals surface area contributed by atoms with Crippen molar-refractivity contribution < 1.29 is 9.59 Å². The summed E-state index contributed by atoms with van der Waals surface area (Å²) in [5.41, 5.74) is 2.33. The molecular formula is C17H15ClN2O2S. The molecule has 0 fully saturated rings. The van der Waals surface area contributed by atoms with Gasteiger partial charge < -0.3 is 10.6 Å². The molecule has 0 aliphatic carbocycles. The van der Waals surface area contributed by atoms with Crippen LogP contribution in [-0.2, 0) is 16.0 Å². The van der Waals surface area contributed by atoms with Gasteiger partial charge in [0, 0.05) is 15.6 Å². The van der Waals surface area contributed by atoms with Crippen LogP contribution in [0.3, 0.4) is 0 Å². The van der Waals surface area contributed by atoms with Crippen molar-refractivity contribution in [3.63, 3.8) is 0 Å². The summed E-state index contributed by atoms with van der Waals surface area (Å²) in [6.07, 6.45) is 0.242. The van der Waals surface area contributed by atoms with Crippen LogP contribution in [0.15, 0.2) is 47.4 Å². The first-order valence-electron chi connectivity index (χ1n) is 7.17. The summed E-state index contributed by atoms with van der Waals surface area (Å²) in [4.78, 5) is 24.9. The van der Waals surface area contributed by atoms with Crippen LogP contribution in [-0.4, -0.2) is 17.1 Å². The Morgan fingerprint density at radius 3 is 2.74 bits per heavy atom. The second kappa shape index (κ2) is 6.64. The molecule has 1 unspecified atom stereocenters. The number of carbonyl (C=O) groups excluding carboxylic acids is 2. The minimum absolute atomic E-state index is 0.00901. The molecule has 2 N–H and O–H groups in total. The van der Waals surface area contributed by atoms with Crippen LogP contribution >= 0.6 is 23.4 Å². The Kier molecular flexibility index (Phi) is 4.59. The van der Waals surface area contributed by atoms with Crippen LogP contribution < -0.4 is 10.6 Å². The molecule has 2 aromatic rings. The summed E-state index contributed by atoms with van der Waals surface area (Å²) in [5.74, 6) is -0.124. The number of fused-ring (bicyclic) bond motifs is 1. The van der Waals surface area contributed by atoms with E-state index in [4.69, 9.17) is 11.6 Å². The first-order valence-corrected chi connectivity index (χ1v) is 8.43. The number of benzene rings is 2. The van der Waals surface area contributed by atoms with Crippen LogP contribution in [0.1, 0.15) is 12.5 Å². The van der Waals surface area contributed by atoms with Gasteiger partial charge in [-0.25, -0.2) is 0 Å². The van der Waals surface area contributed by atoms with Gasteiger partial charge in [-0.2, -0.15) is 0 Å². The first-order chi connectivity index (χ1) is 11.0. The maximum Gasteiger partial charge on any atom is 0.237 e. The fourth-order valence-corrected chi connectivity index (χ4v) is 3.35. The Morgan fingerprint density at radius 2 is 2.00 bits per heavy atom. The normalized spacial score (nSPS) is 16.4. The van der Waals surface area contributed by atoms with Gasteiger partial charge in [-0.1, -0.05) is 17.7 Å². The lowest BCUT2D eigenvalue weighted by Crippen LogP contribution is -2.26. The van der Waals surface area contributed by atoms with E-state index in [2.05, 4.69) is 10.6 Å². The third-order valence-corrected chi connectivity index (χ3v) is 4.90. The van der Waals surface area contributed by atoms with Gasteiger partial charge in [0.25, 0.3) is 0 Å². The second-order valence-corrected chi connectivity index (χ2v) is 7.13. The number of hydrogen-bond donors (Lipinski definition) is 2. The Labute approximate surface area is 143 Å². The molecule has 118 valence electrons. The van der Waals surface area contributed by atoms with Crippen LogP contribution in [0.5, 0.6) is 0 Å². The van der Waals surface area contributed by atoms with E-state index < -0.39 is 0 Å². The number of anilines is 2. The predicted octanol–water partition coefficient (Wildman–Crippen LogP) is 3.95. The fraction of sp³-hybridized carbons (Fsp3) is 0.176. The zero-order valence-electron chi connectivity index (χ0n) is 12.4. The van der Waals surface area contributed by atoms with Crippen molar-refractivity contribution >= 4 is 46.6 Å². The quantitative estimate of drug-likeness (QED) is 0.884. The summed E-state index contributed by atoms with van der Waals surface area (Å²) in [6.45, 7) is 1.87. The van der Waals surface area contributed by atoms with E-state index in [1.807, 2.05) is 25.1 Å². The Hall–Kier alpha value is -1.98. The predicted molar refractivity (Wildman–Crippen MR) is 94.2 cm³/mol. The van der Waals surface area contributed by atoms with E-state index >= 15 is 0 Å². The number of hydrogen-bond acceptors (Lipinski definition) is 3. The first kappa shape index (κ1) is 15.9. The molecular weight excluding hydrogens is 332 g/mol. The summed E-state index contributed by atoms with van der Waals surface area (Å²) < 4.78 is 0. The van der Waals surface area contributed by atoms with E-state index in [1.165, 1.54) is 11.8 Å². The standard InChI is InChI=1S/C17H15ClN2O2S/c1-10-17(22)20-14-8-11(2-7-15(14)23-10)9-16(21)19-13-5-3-12(18)4-6-13/h2-8,10H,9H2,1H3,(H,19,21)(H,20,22). The van der Waals surface area contributed by atoms with Crippen molar-refractivity contribution in [2.24, 2.45) is 0 Å². The van der Waals surface area contributed by atoms with Crippen LogP contribution in [0, 0.1) is 0 Å². The van der Waals surface area contributed by atoms with Gasteiger partial charge in [0.2, 0.25) is 11.8 Å². The Morgan fingerprint density at radius 1 is 1.26 bits per heavy atom. The highest BCUT2D eigenvalue weighted by Crippen LogP contribution is 2.36. The zero-order valence-corrected chi connectivity index (χ0v) is 14.0. The van der Waals surface area contributed by atoms with Gasteiger partial charge in [0.05, 0.1) is 17.4 Å². The lowest BCUT2D eigenvalue weighted by atomic mass is 10.1. The molecule has 3 rings (SSSR count). The van der Waals surface area contributed by atoms with Gasteiger partial charge in [0.15, 0.2) is 0 Å². The van der Waals surface area contributed by atoms with E-state index in [0.717, 1.165) is 16.1 Å². The fourth-order valence-electron chi connectivity index (χ4n) is 2.29. The van der Waals surface area contributed by atoms with Crippen molar-refractivity contribution in [2.45, 2.75) is 23.5 Å². The van der Waals surface area contributed by atoms with Crippen molar-refractivity contribution in [1.29, 1.82) is 0 Å². The van der Waals surface area contributed by atoms with Crippen molar-refractivity contribution in [1.82, 2.24) is 0 Å². The molecule has 0 radical (unpaired) electrons. The zero-order chi connectivity index (χ0) is 16.4. The topological polar surface area (TPSA) is 58.2 Å². The summed E-state index contributed by atoms with van der Waals surface area (Å²) in [6, 6.07) is 12.7. The van der Waals surface area contributed by atoms with Crippen LogP contribution in [0.2, 0.25) is 5.02 Å². The van der Waals surface area contributed by atoms with Gasteiger partial charge in [-0.05, 0) is 48.9 Å². The van der Waals surface area contributed by atoms with Crippen molar-refractivity contribution in [3.05, 3.63) is 53.1 Å². The van der Waals surface area contributed by atoms with Gasteiger partial charge >= 0.3 is 0 Å². The smallest absolute Gasteiger partial charge is 0.237 e. The van der Waals surface area contributed by atoms with E-state index in [1.54, 1.807) is 24.3 Å². The highest BCUT2D eigenvalue weighted by atomic mass is 35.5. The Bertz CT molecular complexity index is 762. The van der Waals surface area contributed by atoms with Crippen LogP contribution in [0.4, 0.5) is 11.4 Å². The monoisotopic (exact) mass is 346 g/mol. The van der Waals surface area contributed by atoms with Gasteiger partial charge in [-0.3, -0.25) is 9.59 Å². The van der Waals surface area contributed by atoms with E-state index in [9.17, 15) is 9.59 Å². The number of nitrogens with one attached hydrogen (secondary N) is 2.